The second kappa shape index (κ2) is 20.5. The highest BCUT2D eigenvalue weighted by Gasteiger charge is 2.35. The molecule has 4 heterocycles. The average Bonchev–Trinajstić information content (AvgIpc) is 1.35. The Morgan fingerprint density at radius 3 is 0.778 bits per heavy atom. The molecule has 18 rings (SSSR count). The van der Waals surface area contributed by atoms with Crippen molar-refractivity contribution in [3.8, 4) is 78.4 Å². The highest BCUT2D eigenvalue weighted by atomic mass is 15.1. The zero-order chi connectivity index (χ0) is 63.7. The van der Waals surface area contributed by atoms with Crippen LogP contribution in [0.2, 0.25) is 0 Å². The second-order valence-corrected chi connectivity index (χ2v) is 23.0. The van der Waals surface area contributed by atoms with E-state index in [1.54, 1.807) is 0 Å². The molecule has 0 N–H and O–H groups in total. The Kier molecular flexibility index (Phi) is 10.5. The topological polar surface area (TPSA) is 24.1 Å². The van der Waals surface area contributed by atoms with E-state index in [4.69, 9.17) is 4.85 Å². The monoisotopic (exact) mass is 1150 g/mol. The summed E-state index contributed by atoms with van der Waals surface area (Å²) in [6, 6.07) is 98.3. The van der Waals surface area contributed by atoms with Gasteiger partial charge in [-0.2, -0.15) is 0 Å². The summed E-state index contributed by atoms with van der Waals surface area (Å²) in [6.07, 6.45) is 0. The molecular formula is C85H53N5. The van der Waals surface area contributed by atoms with Crippen LogP contribution in [0.5, 0.6) is 0 Å². The summed E-state index contributed by atoms with van der Waals surface area (Å²) >= 11 is 0. The number of hydrogen-bond acceptors (Lipinski definition) is 0. The lowest BCUT2D eigenvalue weighted by molar-refractivity contribution is 1.05. The summed E-state index contributed by atoms with van der Waals surface area (Å²) in [4.78, 5) is 5.00. The van der Waals surface area contributed by atoms with Crippen molar-refractivity contribution in [1.82, 2.24) is 18.3 Å². The largest absolute Gasteiger partial charge is 0.317 e. The summed E-state index contributed by atoms with van der Waals surface area (Å²) in [7, 11) is 0. The van der Waals surface area contributed by atoms with Gasteiger partial charge in [0.1, 0.15) is 0 Å². The SMILES string of the molecule is [2H]c1c([2H])c([2H])c(-c2c(-n3c4ccc(-c5ccccc5)cc4c4cc(-c5ccccc5)ccc43)c(-n3c4ccccc4c4ccccc43)c([N+]#[C-])c(-n3c4ccccc4c4ccccc43)c2-n2c3ccc(-c4ccccc4)cc3c3cc(-c4ccccc4)ccc32)c([2H])c1[2H]. The van der Waals surface area contributed by atoms with Crippen molar-refractivity contribution in [2.75, 3.05) is 0 Å². The van der Waals surface area contributed by atoms with Crippen molar-refractivity contribution in [2.24, 2.45) is 0 Å². The third-order valence-corrected chi connectivity index (χ3v) is 18.2. The molecule has 0 atom stereocenters. The quantitative estimate of drug-likeness (QED) is 0.129. The molecule has 0 fully saturated rings. The first-order valence-corrected chi connectivity index (χ1v) is 30.3. The first-order chi connectivity index (χ1) is 46.7. The van der Waals surface area contributed by atoms with Gasteiger partial charge in [-0.05, 0) is 123 Å². The fourth-order valence-electron chi connectivity index (χ4n) is 14.4. The Morgan fingerprint density at radius 2 is 0.489 bits per heavy atom. The van der Waals surface area contributed by atoms with Crippen LogP contribution in [0.25, 0.3) is 170 Å². The van der Waals surface area contributed by atoms with Gasteiger partial charge in [0, 0.05) is 48.7 Å². The lowest BCUT2D eigenvalue weighted by atomic mass is 9.95. The Morgan fingerprint density at radius 1 is 0.233 bits per heavy atom. The van der Waals surface area contributed by atoms with Gasteiger partial charge in [-0.25, -0.2) is 4.85 Å². The van der Waals surface area contributed by atoms with E-state index in [1.807, 2.05) is 121 Å². The van der Waals surface area contributed by atoms with E-state index < -0.39 is 30.2 Å². The first kappa shape index (κ1) is 46.0. The van der Waals surface area contributed by atoms with Crippen LogP contribution in [-0.4, -0.2) is 18.3 Å². The highest BCUT2D eigenvalue weighted by molar-refractivity contribution is 6.19. The van der Waals surface area contributed by atoms with Crippen LogP contribution in [0.3, 0.4) is 0 Å². The Balaban J connectivity index is 1.16. The summed E-state index contributed by atoms with van der Waals surface area (Å²) in [5.74, 6) is 0. The predicted octanol–water partition coefficient (Wildman–Crippen LogP) is 23.0. The Labute approximate surface area is 526 Å². The van der Waals surface area contributed by atoms with Gasteiger partial charge in [-0.15, -0.1) is 0 Å². The maximum Gasteiger partial charge on any atom is 0.238 e. The maximum atomic E-state index is 10.6. The van der Waals surface area contributed by atoms with Gasteiger partial charge in [-0.3, -0.25) is 0 Å². The van der Waals surface area contributed by atoms with E-state index in [2.05, 4.69) is 188 Å². The van der Waals surface area contributed by atoms with Crippen LogP contribution >= 0.6 is 0 Å². The van der Waals surface area contributed by atoms with Gasteiger partial charge in [0.25, 0.3) is 0 Å². The highest BCUT2D eigenvalue weighted by Crippen LogP contribution is 2.55. The lowest BCUT2D eigenvalue weighted by Gasteiger charge is -2.29. The zero-order valence-corrected chi connectivity index (χ0v) is 48.4. The van der Waals surface area contributed by atoms with E-state index in [9.17, 15) is 13.4 Å². The minimum atomic E-state index is -0.521. The molecule has 0 unspecified atom stereocenters. The summed E-state index contributed by atoms with van der Waals surface area (Å²) in [5, 5.41) is 7.45. The predicted molar refractivity (Wildman–Crippen MR) is 377 cm³/mol. The summed E-state index contributed by atoms with van der Waals surface area (Å²) < 4.78 is 59.1. The number of aromatic nitrogens is 4. The number of fused-ring (bicyclic) bond motifs is 12. The number of hydrogen-bond donors (Lipinski definition) is 0. The minimum Gasteiger partial charge on any atom is -0.317 e. The molecule has 18 aromatic rings. The second-order valence-electron chi connectivity index (χ2n) is 23.0. The number of nitrogens with zero attached hydrogens (tertiary/aromatic N) is 5. The van der Waals surface area contributed by atoms with Crippen molar-refractivity contribution in [2.45, 2.75) is 0 Å². The Hall–Kier alpha value is -12.2. The van der Waals surface area contributed by atoms with E-state index in [0.717, 1.165) is 132 Å². The molecule has 0 amide bonds. The molecule has 5 heteroatoms. The molecule has 4 aromatic heterocycles. The molecule has 0 saturated carbocycles. The number of para-hydroxylation sites is 4. The summed E-state index contributed by atoms with van der Waals surface area (Å²) in [6.45, 7) is 10.3. The van der Waals surface area contributed by atoms with E-state index in [0.29, 0.717) is 28.3 Å². The molecule has 14 aromatic carbocycles. The van der Waals surface area contributed by atoms with Crippen LogP contribution in [0.4, 0.5) is 5.69 Å². The van der Waals surface area contributed by atoms with Crippen LogP contribution in [0, 0.1) is 6.57 Å². The summed E-state index contributed by atoms with van der Waals surface area (Å²) in [5.41, 5.74) is 16.8. The maximum absolute atomic E-state index is 10.6. The van der Waals surface area contributed by atoms with Crippen molar-refractivity contribution >= 4 is 92.9 Å². The molecule has 0 spiro atoms. The van der Waals surface area contributed by atoms with Crippen LogP contribution in [-0.2, 0) is 0 Å². The van der Waals surface area contributed by atoms with Crippen molar-refractivity contribution < 1.29 is 6.85 Å². The molecule has 0 saturated heterocycles. The third-order valence-electron chi connectivity index (χ3n) is 18.2. The van der Waals surface area contributed by atoms with Gasteiger partial charge in [0.2, 0.25) is 5.69 Å². The van der Waals surface area contributed by atoms with Gasteiger partial charge < -0.3 is 18.3 Å². The number of benzene rings is 14. The molecule has 0 aliphatic rings. The molecule has 0 bridgehead atoms. The van der Waals surface area contributed by atoms with E-state index in [-0.39, 0.29) is 11.3 Å². The molecule has 0 aliphatic heterocycles. The average molecular weight is 1150 g/mol. The van der Waals surface area contributed by atoms with Gasteiger partial charge in [0.15, 0.2) is 0 Å². The van der Waals surface area contributed by atoms with Gasteiger partial charge >= 0.3 is 0 Å². The van der Waals surface area contributed by atoms with Crippen LogP contribution in [0.15, 0.2) is 321 Å². The molecule has 0 radical (unpaired) electrons. The van der Waals surface area contributed by atoms with E-state index in [1.165, 1.54) is 0 Å². The third kappa shape index (κ3) is 7.75. The van der Waals surface area contributed by atoms with Gasteiger partial charge in [0.05, 0.1) is 80.3 Å². The molecular weight excluding hydrogens is 1090 g/mol. The molecule has 5 nitrogen and oxygen atoms in total. The fourth-order valence-corrected chi connectivity index (χ4v) is 14.4. The normalized spacial score (nSPS) is 12.5. The Bertz CT molecular complexity index is 5610. The minimum absolute atomic E-state index is 0.0322. The van der Waals surface area contributed by atoms with Crippen LogP contribution in [0.1, 0.15) is 6.85 Å². The van der Waals surface area contributed by atoms with Crippen molar-refractivity contribution in [3.05, 3.63) is 333 Å². The van der Waals surface area contributed by atoms with E-state index >= 15 is 0 Å². The van der Waals surface area contributed by atoms with Crippen molar-refractivity contribution in [1.29, 1.82) is 0 Å². The molecule has 90 heavy (non-hydrogen) atoms. The molecule has 418 valence electrons. The standard InChI is InChI=1S/C85H53N5/c1-86-81-84(89-72-39-21-17-35-64(72)65-36-18-22-40-73(65)89)82(87-76-47-43-60(55-25-7-2-8-26-55)51-68(76)69-52-61(44-48-77(69)87)56-27-9-3-10-28-56)80(59-33-15-6-16-34-59)83(85(81)90-74-41-23-19-37-66(74)67-38-20-24-42-75(67)90)88-78-49-45-62(57-29-11-4-12-30-57)53-70(78)71-54-63(46-50-79(71)88)58-31-13-5-14-32-58/h2-54H/i6D,15D,16D,33D,34D. The van der Waals surface area contributed by atoms with Crippen LogP contribution < -0.4 is 0 Å². The zero-order valence-electron chi connectivity index (χ0n) is 53.4. The molecule has 0 aliphatic carbocycles. The fraction of sp³-hybridized carbons (Fsp3) is 0. The lowest BCUT2D eigenvalue weighted by Crippen LogP contribution is -2.14. The van der Waals surface area contributed by atoms with Gasteiger partial charge in [-0.1, -0.05) is 249 Å². The first-order valence-electron chi connectivity index (χ1n) is 32.8. The number of rotatable bonds is 9. The smallest absolute Gasteiger partial charge is 0.238 e. The van der Waals surface area contributed by atoms with Crippen molar-refractivity contribution in [3.63, 3.8) is 0 Å².